The van der Waals surface area contributed by atoms with Crippen LogP contribution in [0, 0.1) is 17.7 Å². The van der Waals surface area contributed by atoms with Crippen molar-refractivity contribution in [2.24, 2.45) is 11.8 Å². The van der Waals surface area contributed by atoms with Gasteiger partial charge in [0.25, 0.3) is 0 Å². The van der Waals surface area contributed by atoms with Crippen LogP contribution in [0.25, 0.3) is 0 Å². The van der Waals surface area contributed by atoms with Gasteiger partial charge in [-0.3, -0.25) is 0 Å². The summed E-state index contributed by atoms with van der Waals surface area (Å²) in [6.07, 6.45) is 0.922. The molecule has 1 aliphatic rings. The molecule has 0 saturated carbocycles. The van der Waals surface area contributed by atoms with Gasteiger partial charge >= 0.3 is 0 Å². The highest BCUT2D eigenvalue weighted by atomic mass is 79.9. The lowest BCUT2D eigenvalue weighted by molar-refractivity contribution is 0.183. The van der Waals surface area contributed by atoms with Gasteiger partial charge in [-0.15, -0.1) is 0 Å². The van der Waals surface area contributed by atoms with Crippen molar-refractivity contribution >= 4 is 25.8 Å². The smallest absolute Gasteiger partial charge is 0.150 e. The summed E-state index contributed by atoms with van der Waals surface area (Å²) in [5.74, 6) is -0.319. The van der Waals surface area contributed by atoms with Gasteiger partial charge in [0.1, 0.15) is 5.82 Å². The van der Waals surface area contributed by atoms with E-state index in [9.17, 15) is 17.9 Å². The standard InChI is InChI=1S/C13H16BrFO3S/c14-12-1-2-13(15)10(6-12)5-11(7-16)9-3-4-19(17,18)8-9/h1-2,6,9,11,16H,3-5,7-8H2. The van der Waals surface area contributed by atoms with Crippen LogP contribution in [0.3, 0.4) is 0 Å². The van der Waals surface area contributed by atoms with Crippen LogP contribution in [0.5, 0.6) is 0 Å². The van der Waals surface area contributed by atoms with E-state index in [0.717, 1.165) is 4.47 Å². The van der Waals surface area contributed by atoms with Gasteiger partial charge in [0.05, 0.1) is 11.5 Å². The second-order valence-corrected chi connectivity index (χ2v) is 8.19. The van der Waals surface area contributed by atoms with Gasteiger partial charge < -0.3 is 5.11 Å². The summed E-state index contributed by atoms with van der Waals surface area (Å²) in [5.41, 5.74) is 0.512. The van der Waals surface area contributed by atoms with Crippen molar-refractivity contribution < 1.29 is 17.9 Å². The Balaban J connectivity index is 2.13. The quantitative estimate of drug-likeness (QED) is 0.905. The lowest BCUT2D eigenvalue weighted by Crippen LogP contribution is -2.22. The molecule has 1 aromatic rings. The van der Waals surface area contributed by atoms with Gasteiger partial charge in [-0.1, -0.05) is 15.9 Å². The van der Waals surface area contributed by atoms with Crippen molar-refractivity contribution in [3.05, 3.63) is 34.1 Å². The van der Waals surface area contributed by atoms with E-state index in [2.05, 4.69) is 15.9 Å². The first-order valence-electron chi connectivity index (χ1n) is 6.16. The van der Waals surface area contributed by atoms with Crippen LogP contribution in [0.4, 0.5) is 4.39 Å². The first-order chi connectivity index (χ1) is 8.91. The molecule has 0 amide bonds. The zero-order valence-electron chi connectivity index (χ0n) is 10.4. The van der Waals surface area contributed by atoms with Gasteiger partial charge in [0.15, 0.2) is 9.84 Å². The third-order valence-corrected chi connectivity index (χ3v) is 5.95. The van der Waals surface area contributed by atoms with E-state index in [1.165, 1.54) is 6.07 Å². The Bertz CT molecular complexity index is 559. The van der Waals surface area contributed by atoms with Crippen molar-refractivity contribution in [3.63, 3.8) is 0 Å². The Morgan fingerprint density at radius 1 is 1.47 bits per heavy atom. The number of hydrogen-bond donors (Lipinski definition) is 1. The lowest BCUT2D eigenvalue weighted by atomic mass is 9.87. The van der Waals surface area contributed by atoms with Crippen molar-refractivity contribution in [3.8, 4) is 0 Å². The molecular weight excluding hydrogens is 335 g/mol. The topological polar surface area (TPSA) is 54.4 Å². The average Bonchev–Trinajstić information content (AvgIpc) is 2.70. The molecule has 1 heterocycles. The van der Waals surface area contributed by atoms with E-state index in [-0.39, 0.29) is 35.8 Å². The van der Waals surface area contributed by atoms with Crippen LogP contribution in [-0.4, -0.2) is 31.6 Å². The van der Waals surface area contributed by atoms with Crippen LogP contribution < -0.4 is 0 Å². The Labute approximate surface area is 120 Å². The van der Waals surface area contributed by atoms with Crippen LogP contribution in [-0.2, 0) is 16.3 Å². The highest BCUT2D eigenvalue weighted by molar-refractivity contribution is 9.10. The number of aliphatic hydroxyl groups is 1. The van der Waals surface area contributed by atoms with Gasteiger partial charge in [-0.05, 0) is 48.4 Å². The van der Waals surface area contributed by atoms with Crippen molar-refractivity contribution in [1.29, 1.82) is 0 Å². The summed E-state index contributed by atoms with van der Waals surface area (Å²) >= 11 is 3.28. The second-order valence-electron chi connectivity index (χ2n) is 5.05. The molecule has 0 bridgehead atoms. The number of sulfone groups is 1. The highest BCUT2D eigenvalue weighted by Crippen LogP contribution is 2.29. The minimum atomic E-state index is -2.98. The SMILES string of the molecule is O=S1(=O)CCC(C(CO)Cc2cc(Br)ccc2F)C1. The molecule has 2 rings (SSSR count). The summed E-state index contributed by atoms with van der Waals surface area (Å²) in [7, 11) is -2.98. The molecule has 0 radical (unpaired) electrons. The monoisotopic (exact) mass is 350 g/mol. The van der Waals surface area contributed by atoms with Gasteiger partial charge in [-0.2, -0.15) is 0 Å². The fourth-order valence-electron chi connectivity index (χ4n) is 2.56. The van der Waals surface area contributed by atoms with E-state index in [1.54, 1.807) is 12.1 Å². The van der Waals surface area contributed by atoms with Crippen LogP contribution in [0.15, 0.2) is 22.7 Å². The molecule has 1 saturated heterocycles. The molecule has 2 atom stereocenters. The summed E-state index contributed by atoms with van der Waals surface area (Å²) in [5, 5.41) is 9.45. The van der Waals surface area contributed by atoms with E-state index >= 15 is 0 Å². The maximum Gasteiger partial charge on any atom is 0.150 e. The maximum absolute atomic E-state index is 13.7. The molecule has 1 fully saturated rings. The van der Waals surface area contributed by atoms with Crippen LogP contribution in [0.1, 0.15) is 12.0 Å². The fraction of sp³-hybridized carbons (Fsp3) is 0.538. The highest BCUT2D eigenvalue weighted by Gasteiger charge is 2.33. The molecule has 1 aliphatic heterocycles. The largest absolute Gasteiger partial charge is 0.396 e. The Hall–Kier alpha value is -0.460. The summed E-state index contributed by atoms with van der Waals surface area (Å²) in [4.78, 5) is 0. The normalized spacial score (nSPS) is 23.4. The Kier molecular flexibility index (Phi) is 4.63. The van der Waals surface area contributed by atoms with E-state index in [0.29, 0.717) is 18.4 Å². The first-order valence-corrected chi connectivity index (χ1v) is 8.78. The number of aliphatic hydroxyl groups excluding tert-OH is 1. The molecule has 19 heavy (non-hydrogen) atoms. The maximum atomic E-state index is 13.7. The Morgan fingerprint density at radius 2 is 2.21 bits per heavy atom. The van der Waals surface area contributed by atoms with E-state index < -0.39 is 9.84 Å². The van der Waals surface area contributed by atoms with Crippen molar-refractivity contribution in [2.75, 3.05) is 18.1 Å². The number of rotatable bonds is 4. The van der Waals surface area contributed by atoms with E-state index in [4.69, 9.17) is 0 Å². The third-order valence-electron chi connectivity index (χ3n) is 3.66. The summed E-state index contributed by atoms with van der Waals surface area (Å²) in [6.45, 7) is -0.119. The third kappa shape index (κ3) is 3.77. The number of halogens is 2. The zero-order valence-corrected chi connectivity index (χ0v) is 12.8. The molecule has 1 aromatic carbocycles. The average molecular weight is 351 g/mol. The van der Waals surface area contributed by atoms with Gasteiger partial charge in [-0.25, -0.2) is 12.8 Å². The van der Waals surface area contributed by atoms with Gasteiger partial charge in [0, 0.05) is 11.1 Å². The van der Waals surface area contributed by atoms with Crippen molar-refractivity contribution in [2.45, 2.75) is 12.8 Å². The van der Waals surface area contributed by atoms with Crippen LogP contribution in [0.2, 0.25) is 0 Å². The second kappa shape index (κ2) is 5.89. The predicted molar refractivity (Wildman–Crippen MR) is 75.1 cm³/mol. The molecule has 2 unspecified atom stereocenters. The molecular formula is C13H16BrFO3S. The summed E-state index contributed by atoms with van der Waals surface area (Å²) in [6, 6.07) is 4.67. The minimum Gasteiger partial charge on any atom is -0.396 e. The predicted octanol–water partition coefficient (Wildman–Crippen LogP) is 2.17. The molecule has 1 N–H and O–H groups in total. The minimum absolute atomic E-state index is 0.0756. The molecule has 0 aromatic heterocycles. The van der Waals surface area contributed by atoms with Gasteiger partial charge in [0.2, 0.25) is 0 Å². The lowest BCUT2D eigenvalue weighted by Gasteiger charge is -2.20. The number of hydrogen-bond acceptors (Lipinski definition) is 3. The van der Waals surface area contributed by atoms with Crippen molar-refractivity contribution in [1.82, 2.24) is 0 Å². The van der Waals surface area contributed by atoms with Crippen LogP contribution >= 0.6 is 15.9 Å². The zero-order chi connectivity index (χ0) is 14.0. The summed E-state index contributed by atoms with van der Waals surface area (Å²) < 4.78 is 37.4. The Morgan fingerprint density at radius 3 is 2.79 bits per heavy atom. The fourth-order valence-corrected chi connectivity index (χ4v) is 4.89. The molecule has 0 aliphatic carbocycles. The molecule has 106 valence electrons. The molecule has 6 heteroatoms. The number of benzene rings is 1. The molecule has 3 nitrogen and oxygen atoms in total. The molecule has 0 spiro atoms. The van der Waals surface area contributed by atoms with E-state index in [1.807, 2.05) is 0 Å². The first kappa shape index (κ1) is 14.9.